The highest BCUT2D eigenvalue weighted by Crippen LogP contribution is 2.39. The van der Waals surface area contributed by atoms with Crippen LogP contribution in [0.1, 0.15) is 50.5 Å². The Balaban J connectivity index is 1.68. The van der Waals surface area contributed by atoms with Gasteiger partial charge in [0.05, 0.1) is 23.1 Å². The quantitative estimate of drug-likeness (QED) is 0.584. The Hall–Kier alpha value is -2.57. The van der Waals surface area contributed by atoms with Crippen molar-refractivity contribution >= 4 is 40.4 Å². The number of nitrogens with zero attached hydrogens (tertiary/aromatic N) is 3. The number of benzene rings is 2. The topological polar surface area (TPSA) is 71.2 Å². The fourth-order valence-electron chi connectivity index (χ4n) is 5.04. The summed E-state index contributed by atoms with van der Waals surface area (Å²) >= 11 is 6.45. The molecule has 2 heterocycles. The van der Waals surface area contributed by atoms with Crippen LogP contribution < -0.4 is 10.6 Å². The number of rotatable bonds is 3. The summed E-state index contributed by atoms with van der Waals surface area (Å²) < 4.78 is 5.57. The van der Waals surface area contributed by atoms with E-state index in [0.29, 0.717) is 29.8 Å². The second-order valence-electron chi connectivity index (χ2n) is 8.88. The van der Waals surface area contributed by atoms with E-state index in [9.17, 15) is 4.79 Å². The zero-order valence-corrected chi connectivity index (χ0v) is 18.9. The van der Waals surface area contributed by atoms with E-state index in [1.165, 1.54) is 19.3 Å². The van der Waals surface area contributed by atoms with Gasteiger partial charge in [0.1, 0.15) is 0 Å². The second kappa shape index (κ2) is 9.12. The summed E-state index contributed by atoms with van der Waals surface area (Å²) in [7, 11) is 0. The summed E-state index contributed by atoms with van der Waals surface area (Å²) in [5, 5.41) is 7.42. The molecule has 2 fully saturated rings. The number of hydrogen-bond donors (Lipinski definition) is 1. The largest absolute Gasteiger partial charge is 0.399 e. The molecule has 3 aliphatic rings. The lowest BCUT2D eigenvalue weighted by molar-refractivity contribution is 0.0480. The van der Waals surface area contributed by atoms with Crippen molar-refractivity contribution in [2.75, 3.05) is 23.8 Å². The Kier molecular flexibility index (Phi) is 6.07. The Labute approximate surface area is 194 Å². The lowest BCUT2D eigenvalue weighted by Crippen LogP contribution is -2.45. The van der Waals surface area contributed by atoms with E-state index in [1.54, 1.807) is 9.91 Å². The Morgan fingerprint density at radius 3 is 2.41 bits per heavy atom. The van der Waals surface area contributed by atoms with E-state index in [1.807, 2.05) is 42.5 Å². The van der Waals surface area contributed by atoms with Gasteiger partial charge in [0.25, 0.3) is 0 Å². The maximum absolute atomic E-state index is 14.1. The van der Waals surface area contributed by atoms with Crippen molar-refractivity contribution in [1.29, 1.82) is 0 Å². The van der Waals surface area contributed by atoms with Crippen LogP contribution in [0.5, 0.6) is 0 Å². The summed E-state index contributed by atoms with van der Waals surface area (Å²) in [5.74, 6) is 0.338. The average molecular weight is 453 g/mol. The molecule has 2 amide bonds. The number of fused-ring (bicyclic) bond motifs is 1. The van der Waals surface area contributed by atoms with Crippen molar-refractivity contribution in [3.63, 3.8) is 0 Å². The van der Waals surface area contributed by atoms with Gasteiger partial charge in [-0.05, 0) is 68.1 Å². The van der Waals surface area contributed by atoms with Crippen LogP contribution in [0.4, 0.5) is 21.9 Å². The van der Waals surface area contributed by atoms with Crippen molar-refractivity contribution in [3.8, 4) is 0 Å². The summed E-state index contributed by atoms with van der Waals surface area (Å²) in [6.45, 7) is 1.28. The molecule has 0 radical (unpaired) electrons. The number of nitrogen functional groups attached to an aromatic ring is 1. The fourth-order valence-corrected chi connectivity index (χ4v) is 5.21. The maximum atomic E-state index is 14.1. The molecule has 7 heteroatoms. The van der Waals surface area contributed by atoms with Crippen molar-refractivity contribution < 1.29 is 9.53 Å². The number of hydrazone groups is 1. The number of nitrogens with two attached hydrogens (primary N) is 1. The minimum Gasteiger partial charge on any atom is -0.399 e. The minimum absolute atomic E-state index is 0.0101. The number of hydrogen-bond acceptors (Lipinski definition) is 4. The highest BCUT2D eigenvalue weighted by Gasteiger charge is 2.37. The van der Waals surface area contributed by atoms with Gasteiger partial charge in [0.15, 0.2) is 0 Å². The molecule has 0 atom stereocenters. The summed E-state index contributed by atoms with van der Waals surface area (Å²) in [4.78, 5) is 15.8. The molecule has 6 nitrogen and oxygen atoms in total. The molecule has 0 spiro atoms. The zero-order valence-electron chi connectivity index (χ0n) is 18.2. The first-order valence-corrected chi connectivity index (χ1v) is 11.9. The predicted octanol–water partition coefficient (Wildman–Crippen LogP) is 5.96. The third kappa shape index (κ3) is 4.09. The molecule has 32 heavy (non-hydrogen) atoms. The Morgan fingerprint density at radius 1 is 0.969 bits per heavy atom. The van der Waals surface area contributed by atoms with Gasteiger partial charge in [0, 0.05) is 35.4 Å². The molecule has 1 saturated carbocycles. The molecule has 1 saturated heterocycles. The molecule has 2 aromatic carbocycles. The number of amides is 2. The minimum atomic E-state index is -0.156. The van der Waals surface area contributed by atoms with Crippen molar-refractivity contribution in [2.24, 2.45) is 11.0 Å². The first kappa shape index (κ1) is 21.3. The fraction of sp³-hybridized carbons (Fsp3) is 0.440. The normalized spacial score (nSPS) is 20.7. The number of carbonyl (C=O) groups excluding carboxylic acids is 1. The standard InChI is InChI=1S/C25H29ClN4O2/c26-18-6-11-22-23(16-18)29(20-9-7-19(27)8-10-20)25(31)30(21-12-14-32-15-13-21)28-24(22)17-4-2-1-3-5-17/h6-11,16-17,21H,1-5,12-15,27H2. The molecule has 1 aliphatic carbocycles. The highest BCUT2D eigenvalue weighted by molar-refractivity contribution is 6.31. The summed E-state index contributed by atoms with van der Waals surface area (Å²) in [6.07, 6.45) is 7.40. The SMILES string of the molecule is Nc1ccc(N2C(=O)N(C3CCOCC3)N=C(C3CCCCC3)c3ccc(Cl)cc32)cc1. The van der Waals surface area contributed by atoms with Crippen molar-refractivity contribution in [3.05, 3.63) is 53.1 Å². The first-order chi connectivity index (χ1) is 15.6. The van der Waals surface area contributed by atoms with Crippen LogP contribution in [0.15, 0.2) is 47.6 Å². The van der Waals surface area contributed by atoms with Crippen LogP contribution in [0.3, 0.4) is 0 Å². The number of halogens is 1. The molecule has 168 valence electrons. The van der Waals surface area contributed by atoms with Crippen LogP contribution >= 0.6 is 11.6 Å². The third-order valence-electron chi connectivity index (χ3n) is 6.76. The van der Waals surface area contributed by atoms with Gasteiger partial charge in [-0.1, -0.05) is 30.9 Å². The number of carbonyl (C=O) groups is 1. The lowest BCUT2D eigenvalue weighted by atomic mass is 9.83. The van der Waals surface area contributed by atoms with Gasteiger partial charge >= 0.3 is 6.03 Å². The van der Waals surface area contributed by atoms with Crippen molar-refractivity contribution in [1.82, 2.24) is 5.01 Å². The van der Waals surface area contributed by atoms with Gasteiger partial charge in [0.2, 0.25) is 0 Å². The molecular weight excluding hydrogens is 424 g/mol. The number of ether oxygens (including phenoxy) is 1. The number of anilines is 3. The molecule has 2 aromatic rings. The monoisotopic (exact) mass is 452 g/mol. The van der Waals surface area contributed by atoms with E-state index in [2.05, 4.69) is 0 Å². The molecule has 2 aliphatic heterocycles. The van der Waals surface area contributed by atoms with Crippen LogP contribution in [0.2, 0.25) is 5.02 Å². The average Bonchev–Trinajstić information content (AvgIpc) is 2.95. The van der Waals surface area contributed by atoms with E-state index in [4.69, 9.17) is 27.2 Å². The van der Waals surface area contributed by atoms with Gasteiger partial charge in [-0.3, -0.25) is 4.90 Å². The second-order valence-corrected chi connectivity index (χ2v) is 9.32. The Morgan fingerprint density at radius 2 is 1.69 bits per heavy atom. The number of urea groups is 1. The smallest absolute Gasteiger partial charge is 0.349 e. The molecule has 0 unspecified atom stereocenters. The van der Waals surface area contributed by atoms with Gasteiger partial charge in [-0.25, -0.2) is 9.80 Å². The van der Waals surface area contributed by atoms with Gasteiger partial charge in [-0.2, -0.15) is 5.10 Å². The van der Waals surface area contributed by atoms with Crippen LogP contribution in [0.25, 0.3) is 0 Å². The lowest BCUT2D eigenvalue weighted by Gasteiger charge is -2.33. The van der Waals surface area contributed by atoms with Crippen LogP contribution in [-0.2, 0) is 4.74 Å². The Bertz CT molecular complexity index is 1010. The highest BCUT2D eigenvalue weighted by atomic mass is 35.5. The third-order valence-corrected chi connectivity index (χ3v) is 6.99. The predicted molar refractivity (Wildman–Crippen MR) is 129 cm³/mol. The molecule has 0 bridgehead atoms. The van der Waals surface area contributed by atoms with E-state index in [0.717, 1.165) is 48.3 Å². The van der Waals surface area contributed by atoms with Gasteiger partial charge < -0.3 is 10.5 Å². The van der Waals surface area contributed by atoms with Crippen LogP contribution in [0, 0.1) is 5.92 Å². The molecular formula is C25H29ClN4O2. The summed E-state index contributed by atoms with van der Waals surface area (Å²) in [5.41, 5.74) is 10.1. The molecule has 2 N–H and O–H groups in total. The first-order valence-electron chi connectivity index (χ1n) is 11.6. The van der Waals surface area contributed by atoms with Gasteiger partial charge in [-0.15, -0.1) is 0 Å². The molecule has 5 rings (SSSR count). The van der Waals surface area contributed by atoms with E-state index >= 15 is 0 Å². The zero-order chi connectivity index (χ0) is 22.1. The van der Waals surface area contributed by atoms with E-state index in [-0.39, 0.29) is 12.1 Å². The van der Waals surface area contributed by atoms with Crippen molar-refractivity contribution in [2.45, 2.75) is 51.0 Å². The summed E-state index contributed by atoms with van der Waals surface area (Å²) in [6, 6.07) is 13.1. The maximum Gasteiger partial charge on any atom is 0.349 e. The van der Waals surface area contributed by atoms with Crippen LogP contribution in [-0.4, -0.2) is 36.0 Å². The van der Waals surface area contributed by atoms with E-state index < -0.39 is 0 Å². The molecule has 0 aromatic heterocycles.